The Bertz CT molecular complexity index is 807. The van der Waals surface area contributed by atoms with Gasteiger partial charge in [0.1, 0.15) is 11.5 Å². The average molecular weight is 390 g/mol. The Morgan fingerprint density at radius 1 is 1.11 bits per heavy atom. The number of benzene rings is 1. The molecule has 0 atom stereocenters. The maximum atomic E-state index is 12.6. The van der Waals surface area contributed by atoms with Gasteiger partial charge >= 0.3 is 6.09 Å². The van der Waals surface area contributed by atoms with Crippen molar-refractivity contribution in [2.24, 2.45) is 0 Å². The summed E-state index contributed by atoms with van der Waals surface area (Å²) in [6.07, 6.45) is 2.57. The van der Waals surface area contributed by atoms with Crippen molar-refractivity contribution in [1.29, 1.82) is 0 Å². The third-order valence-electron chi connectivity index (χ3n) is 4.10. The van der Waals surface area contributed by atoms with Crippen molar-refractivity contribution in [2.45, 2.75) is 6.92 Å². The number of halogens is 1. The Hall–Kier alpha value is -2.87. The van der Waals surface area contributed by atoms with Crippen LogP contribution in [0.4, 0.5) is 16.3 Å². The molecular weight excluding hydrogens is 370 g/mol. The fourth-order valence-electron chi connectivity index (χ4n) is 2.67. The topological polar surface area (TPSA) is 87.7 Å². The Kier molecular flexibility index (Phi) is 6.08. The van der Waals surface area contributed by atoms with E-state index in [9.17, 15) is 9.59 Å². The molecule has 0 radical (unpaired) electrons. The summed E-state index contributed by atoms with van der Waals surface area (Å²) in [6, 6.07) is 7.29. The van der Waals surface area contributed by atoms with Crippen LogP contribution in [0.5, 0.6) is 0 Å². The van der Waals surface area contributed by atoms with Crippen LogP contribution in [0.2, 0.25) is 5.02 Å². The number of nitrogens with zero attached hydrogens (tertiary/aromatic N) is 4. The van der Waals surface area contributed by atoms with Gasteiger partial charge in [-0.15, -0.1) is 0 Å². The van der Waals surface area contributed by atoms with E-state index in [0.717, 1.165) is 0 Å². The van der Waals surface area contributed by atoms with Crippen molar-refractivity contribution in [3.8, 4) is 0 Å². The SMILES string of the molecule is CCOC(=O)N1CCN(C(=O)c2cnc(Nc3ccccc3Cl)cn2)CC1. The third kappa shape index (κ3) is 4.65. The van der Waals surface area contributed by atoms with Crippen LogP contribution in [-0.4, -0.2) is 64.6 Å². The van der Waals surface area contributed by atoms with E-state index < -0.39 is 0 Å². The zero-order chi connectivity index (χ0) is 19.2. The van der Waals surface area contributed by atoms with Gasteiger partial charge in [-0.2, -0.15) is 0 Å². The van der Waals surface area contributed by atoms with E-state index >= 15 is 0 Å². The number of anilines is 2. The molecule has 1 N–H and O–H groups in total. The highest BCUT2D eigenvalue weighted by molar-refractivity contribution is 6.33. The second kappa shape index (κ2) is 8.68. The van der Waals surface area contributed by atoms with Crippen molar-refractivity contribution in [3.63, 3.8) is 0 Å². The fraction of sp³-hybridized carbons (Fsp3) is 0.333. The van der Waals surface area contributed by atoms with E-state index in [1.165, 1.54) is 12.4 Å². The largest absolute Gasteiger partial charge is 0.450 e. The van der Waals surface area contributed by atoms with Crippen LogP contribution in [0.15, 0.2) is 36.7 Å². The molecule has 27 heavy (non-hydrogen) atoms. The van der Waals surface area contributed by atoms with Gasteiger partial charge < -0.3 is 19.9 Å². The lowest BCUT2D eigenvalue weighted by Crippen LogP contribution is -2.50. The Morgan fingerprint density at radius 2 is 1.81 bits per heavy atom. The highest BCUT2D eigenvalue weighted by Gasteiger charge is 2.26. The van der Waals surface area contributed by atoms with Gasteiger partial charge in [0.15, 0.2) is 0 Å². The Morgan fingerprint density at radius 3 is 2.44 bits per heavy atom. The number of carbonyl (C=O) groups excluding carboxylic acids is 2. The molecule has 1 aliphatic rings. The van der Waals surface area contributed by atoms with Crippen LogP contribution in [-0.2, 0) is 4.74 Å². The molecule has 1 aliphatic heterocycles. The molecule has 0 spiro atoms. The first kappa shape index (κ1) is 18.9. The quantitative estimate of drug-likeness (QED) is 0.865. The van der Waals surface area contributed by atoms with Gasteiger partial charge in [0, 0.05) is 26.2 Å². The van der Waals surface area contributed by atoms with Crippen LogP contribution in [0, 0.1) is 0 Å². The first-order valence-corrected chi connectivity index (χ1v) is 9.01. The third-order valence-corrected chi connectivity index (χ3v) is 4.43. The molecule has 9 heteroatoms. The normalized spacial score (nSPS) is 14.0. The van der Waals surface area contributed by atoms with Crippen molar-refractivity contribution >= 4 is 35.1 Å². The smallest absolute Gasteiger partial charge is 0.409 e. The molecule has 0 saturated carbocycles. The molecule has 1 saturated heterocycles. The van der Waals surface area contributed by atoms with Gasteiger partial charge in [-0.25, -0.2) is 14.8 Å². The first-order valence-electron chi connectivity index (χ1n) is 8.63. The van der Waals surface area contributed by atoms with Crippen molar-refractivity contribution < 1.29 is 14.3 Å². The van der Waals surface area contributed by atoms with Crippen LogP contribution < -0.4 is 5.32 Å². The van der Waals surface area contributed by atoms with E-state index in [4.69, 9.17) is 16.3 Å². The molecule has 0 unspecified atom stereocenters. The maximum Gasteiger partial charge on any atom is 0.409 e. The number of aromatic nitrogens is 2. The summed E-state index contributed by atoms with van der Waals surface area (Å²) in [7, 11) is 0. The maximum absolute atomic E-state index is 12.6. The van der Waals surface area contributed by atoms with E-state index in [1.54, 1.807) is 22.8 Å². The zero-order valence-electron chi connectivity index (χ0n) is 14.9. The molecule has 1 aromatic carbocycles. The van der Waals surface area contributed by atoms with Crippen LogP contribution in [0.3, 0.4) is 0 Å². The van der Waals surface area contributed by atoms with E-state index in [2.05, 4.69) is 15.3 Å². The van der Waals surface area contributed by atoms with E-state index in [0.29, 0.717) is 49.3 Å². The number of hydrogen-bond acceptors (Lipinski definition) is 6. The lowest BCUT2D eigenvalue weighted by molar-refractivity contribution is 0.0565. The summed E-state index contributed by atoms with van der Waals surface area (Å²) in [6.45, 7) is 3.83. The predicted octanol–water partition coefficient (Wildman–Crippen LogP) is 2.79. The number of piperazine rings is 1. The number of carbonyl (C=O) groups is 2. The zero-order valence-corrected chi connectivity index (χ0v) is 15.6. The second-order valence-electron chi connectivity index (χ2n) is 5.87. The lowest BCUT2D eigenvalue weighted by Gasteiger charge is -2.33. The number of hydrogen-bond donors (Lipinski definition) is 1. The fourth-order valence-corrected chi connectivity index (χ4v) is 2.86. The number of amides is 2. The number of ether oxygens (including phenoxy) is 1. The lowest BCUT2D eigenvalue weighted by atomic mass is 10.3. The molecule has 2 aromatic rings. The summed E-state index contributed by atoms with van der Waals surface area (Å²) in [5.41, 5.74) is 0.965. The number of para-hydroxylation sites is 1. The molecule has 1 aromatic heterocycles. The van der Waals surface area contributed by atoms with Gasteiger partial charge in [0.25, 0.3) is 5.91 Å². The summed E-state index contributed by atoms with van der Waals surface area (Å²) in [5, 5.41) is 3.63. The molecule has 3 rings (SSSR count). The average Bonchev–Trinajstić information content (AvgIpc) is 2.70. The van der Waals surface area contributed by atoms with Crippen LogP contribution >= 0.6 is 11.6 Å². The predicted molar refractivity (Wildman–Crippen MR) is 101 cm³/mol. The van der Waals surface area contributed by atoms with Crippen molar-refractivity contribution in [1.82, 2.24) is 19.8 Å². The highest BCUT2D eigenvalue weighted by Crippen LogP contribution is 2.23. The number of rotatable bonds is 4. The van der Waals surface area contributed by atoms with E-state index in [1.807, 2.05) is 18.2 Å². The minimum atomic E-state index is -0.348. The molecule has 142 valence electrons. The standard InChI is InChI=1S/C18H20ClN5O3/c1-2-27-18(26)24-9-7-23(8-10-24)17(25)15-11-21-16(12-20-15)22-14-6-4-3-5-13(14)19/h3-6,11-12H,2,7-10H2,1H3,(H,21,22). The summed E-state index contributed by atoms with van der Waals surface area (Å²) in [4.78, 5) is 36.0. The van der Waals surface area contributed by atoms with Gasteiger partial charge in [-0.05, 0) is 19.1 Å². The number of nitrogens with one attached hydrogen (secondary N) is 1. The first-order chi connectivity index (χ1) is 13.1. The van der Waals surface area contributed by atoms with Crippen LogP contribution in [0.1, 0.15) is 17.4 Å². The van der Waals surface area contributed by atoms with Gasteiger partial charge in [-0.1, -0.05) is 23.7 Å². The minimum Gasteiger partial charge on any atom is -0.450 e. The molecule has 2 amide bonds. The van der Waals surface area contributed by atoms with Gasteiger partial charge in [-0.3, -0.25) is 4.79 Å². The second-order valence-corrected chi connectivity index (χ2v) is 6.28. The Balaban J connectivity index is 1.58. The molecule has 0 bridgehead atoms. The van der Waals surface area contributed by atoms with Crippen molar-refractivity contribution in [2.75, 3.05) is 38.1 Å². The highest BCUT2D eigenvalue weighted by atomic mass is 35.5. The minimum absolute atomic E-state index is 0.213. The molecule has 2 heterocycles. The summed E-state index contributed by atoms with van der Waals surface area (Å²) < 4.78 is 4.98. The van der Waals surface area contributed by atoms with Gasteiger partial charge in [0.05, 0.1) is 29.7 Å². The monoisotopic (exact) mass is 389 g/mol. The van der Waals surface area contributed by atoms with E-state index in [-0.39, 0.29) is 17.7 Å². The summed E-state index contributed by atoms with van der Waals surface area (Å²) in [5.74, 6) is 0.280. The van der Waals surface area contributed by atoms with Crippen molar-refractivity contribution in [3.05, 3.63) is 47.4 Å². The molecular formula is C18H20ClN5O3. The molecule has 1 fully saturated rings. The Labute approximate surface area is 162 Å². The molecule has 0 aliphatic carbocycles. The molecule has 8 nitrogen and oxygen atoms in total. The van der Waals surface area contributed by atoms with Crippen LogP contribution in [0.25, 0.3) is 0 Å². The summed E-state index contributed by atoms with van der Waals surface area (Å²) >= 11 is 6.10. The van der Waals surface area contributed by atoms with Gasteiger partial charge in [0.2, 0.25) is 0 Å².